The van der Waals surface area contributed by atoms with E-state index in [1.807, 2.05) is 0 Å². The molecule has 0 atom stereocenters. The lowest BCUT2D eigenvalue weighted by molar-refractivity contribution is 0.0342. The second-order valence-electron chi connectivity index (χ2n) is 6.97. The van der Waals surface area contributed by atoms with Gasteiger partial charge in [-0.05, 0) is 24.3 Å². The van der Waals surface area contributed by atoms with E-state index < -0.39 is 0 Å². The third-order valence-corrected chi connectivity index (χ3v) is 6.13. The van der Waals surface area contributed by atoms with Gasteiger partial charge in [0, 0.05) is 24.0 Å². The van der Waals surface area contributed by atoms with E-state index in [0.29, 0.717) is 0 Å². The predicted molar refractivity (Wildman–Crippen MR) is 99.5 cm³/mol. The number of aromatic nitrogens is 1. The molecule has 0 amide bonds. The van der Waals surface area contributed by atoms with Gasteiger partial charge in [-0.1, -0.05) is 43.5 Å². The fourth-order valence-corrected chi connectivity index (χ4v) is 4.67. The van der Waals surface area contributed by atoms with Crippen molar-refractivity contribution in [2.24, 2.45) is 0 Å². The molecule has 1 aromatic carbocycles. The fourth-order valence-electron chi connectivity index (χ4n) is 3.83. The first-order valence-corrected chi connectivity index (χ1v) is 10.1. The Kier molecular flexibility index (Phi) is 5.26. The van der Waals surface area contributed by atoms with Gasteiger partial charge in [0.15, 0.2) is 0 Å². The van der Waals surface area contributed by atoms with Crippen molar-refractivity contribution in [3.63, 3.8) is 0 Å². The highest BCUT2D eigenvalue weighted by atomic mass is 32.1. The molecular weight excluding hydrogens is 316 g/mol. The highest BCUT2D eigenvalue weighted by molar-refractivity contribution is 7.09. The van der Waals surface area contributed by atoms with Crippen molar-refractivity contribution < 1.29 is 4.74 Å². The monoisotopic (exact) mass is 342 g/mol. The van der Waals surface area contributed by atoms with Crippen molar-refractivity contribution in [3.05, 3.63) is 40.2 Å². The summed E-state index contributed by atoms with van der Waals surface area (Å²) in [6.07, 6.45) is 6.92. The van der Waals surface area contributed by atoms with E-state index >= 15 is 0 Å². The van der Waals surface area contributed by atoms with Crippen LogP contribution in [0.3, 0.4) is 0 Å². The lowest BCUT2D eigenvalue weighted by Crippen LogP contribution is -2.35. The van der Waals surface area contributed by atoms with Gasteiger partial charge in [-0.3, -0.25) is 4.90 Å². The van der Waals surface area contributed by atoms with Crippen molar-refractivity contribution in [2.45, 2.75) is 44.6 Å². The Morgan fingerprint density at radius 1 is 1.04 bits per heavy atom. The minimum atomic E-state index is 0.778. The van der Waals surface area contributed by atoms with E-state index in [-0.39, 0.29) is 0 Å². The van der Waals surface area contributed by atoms with E-state index in [1.54, 1.807) is 11.3 Å². The maximum Gasteiger partial charge on any atom is 0.107 e. The van der Waals surface area contributed by atoms with Crippen molar-refractivity contribution >= 4 is 11.3 Å². The zero-order chi connectivity index (χ0) is 16.2. The van der Waals surface area contributed by atoms with Crippen LogP contribution in [0.15, 0.2) is 29.6 Å². The number of rotatable bonds is 4. The first-order chi connectivity index (χ1) is 11.9. The third kappa shape index (κ3) is 3.88. The molecular formula is C20H26N2OS. The van der Waals surface area contributed by atoms with Crippen molar-refractivity contribution in [1.29, 1.82) is 0 Å². The number of benzene rings is 1. The number of morpholine rings is 1. The molecule has 0 radical (unpaired) electrons. The lowest BCUT2D eigenvalue weighted by atomic mass is 9.84. The molecule has 1 aliphatic heterocycles. The Labute approximate surface area is 148 Å². The molecule has 1 aliphatic carbocycles. The highest BCUT2D eigenvalue weighted by Crippen LogP contribution is 2.33. The topological polar surface area (TPSA) is 25.4 Å². The van der Waals surface area contributed by atoms with Crippen LogP contribution in [0.5, 0.6) is 0 Å². The summed E-state index contributed by atoms with van der Waals surface area (Å²) >= 11 is 1.78. The van der Waals surface area contributed by atoms with Crippen LogP contribution >= 0.6 is 11.3 Å². The van der Waals surface area contributed by atoms with Gasteiger partial charge in [-0.15, -0.1) is 11.3 Å². The molecule has 128 valence electrons. The molecule has 4 rings (SSSR count). The molecule has 2 aliphatic rings. The predicted octanol–water partition coefficient (Wildman–Crippen LogP) is 4.69. The first kappa shape index (κ1) is 16.2. The molecule has 1 saturated carbocycles. The minimum Gasteiger partial charge on any atom is -0.379 e. The highest BCUT2D eigenvalue weighted by Gasteiger charge is 2.16. The van der Waals surface area contributed by atoms with Crippen LogP contribution in [0.1, 0.15) is 48.6 Å². The number of hydrogen-bond acceptors (Lipinski definition) is 4. The molecule has 1 aromatic heterocycles. The van der Waals surface area contributed by atoms with Crippen LogP contribution in [0.2, 0.25) is 0 Å². The summed E-state index contributed by atoms with van der Waals surface area (Å²) in [5.41, 5.74) is 3.89. The number of thiazole rings is 1. The summed E-state index contributed by atoms with van der Waals surface area (Å²) in [6.45, 7) is 4.69. The molecule has 0 spiro atoms. The molecule has 0 unspecified atom stereocenters. The lowest BCUT2D eigenvalue weighted by Gasteiger charge is -2.25. The standard InChI is InChI=1S/C20H26N2OS/c1-2-4-16(5-3-1)17-6-8-18(9-7-17)19-15-24-20(21-19)14-22-10-12-23-13-11-22/h6-9,15-16H,1-5,10-14H2. The van der Waals surface area contributed by atoms with Crippen LogP contribution in [0, 0.1) is 0 Å². The summed E-state index contributed by atoms with van der Waals surface area (Å²) < 4.78 is 5.41. The second-order valence-corrected chi connectivity index (χ2v) is 7.91. The minimum absolute atomic E-state index is 0.778. The molecule has 2 heterocycles. The SMILES string of the molecule is c1cc(C2CCCCC2)ccc1-c1csc(CN2CCOCC2)n1. The summed E-state index contributed by atoms with van der Waals surface area (Å²) in [5.74, 6) is 0.778. The average Bonchev–Trinajstić information content (AvgIpc) is 3.12. The molecule has 0 N–H and O–H groups in total. The van der Waals surface area contributed by atoms with Crippen LogP contribution in [0.25, 0.3) is 11.3 Å². The zero-order valence-corrected chi connectivity index (χ0v) is 15.1. The largest absolute Gasteiger partial charge is 0.379 e. The Balaban J connectivity index is 1.42. The van der Waals surface area contributed by atoms with E-state index in [0.717, 1.165) is 44.5 Å². The third-order valence-electron chi connectivity index (χ3n) is 5.30. The smallest absolute Gasteiger partial charge is 0.107 e. The van der Waals surface area contributed by atoms with Crippen LogP contribution in [0.4, 0.5) is 0 Å². The van der Waals surface area contributed by atoms with Crippen LogP contribution in [-0.2, 0) is 11.3 Å². The zero-order valence-electron chi connectivity index (χ0n) is 14.2. The van der Waals surface area contributed by atoms with Gasteiger partial charge in [0.2, 0.25) is 0 Å². The number of ether oxygens (including phenoxy) is 1. The van der Waals surface area contributed by atoms with E-state index in [4.69, 9.17) is 9.72 Å². The molecule has 0 bridgehead atoms. The molecule has 3 nitrogen and oxygen atoms in total. The summed E-state index contributed by atoms with van der Waals surface area (Å²) in [6, 6.07) is 9.17. The van der Waals surface area contributed by atoms with Gasteiger partial charge in [0.25, 0.3) is 0 Å². The normalized spacial score (nSPS) is 20.3. The summed E-state index contributed by atoms with van der Waals surface area (Å²) in [7, 11) is 0. The van der Waals surface area contributed by atoms with E-state index in [2.05, 4.69) is 34.5 Å². The van der Waals surface area contributed by atoms with E-state index in [9.17, 15) is 0 Å². The maximum atomic E-state index is 5.41. The Morgan fingerprint density at radius 3 is 2.54 bits per heavy atom. The van der Waals surface area contributed by atoms with Crippen molar-refractivity contribution in [3.8, 4) is 11.3 Å². The van der Waals surface area contributed by atoms with Gasteiger partial charge in [-0.2, -0.15) is 0 Å². The van der Waals surface area contributed by atoms with Gasteiger partial charge < -0.3 is 4.74 Å². The van der Waals surface area contributed by atoms with Gasteiger partial charge in [-0.25, -0.2) is 4.98 Å². The quantitative estimate of drug-likeness (QED) is 0.806. The van der Waals surface area contributed by atoms with Gasteiger partial charge in [0.05, 0.1) is 25.5 Å². The Bertz CT molecular complexity index is 640. The summed E-state index contributed by atoms with van der Waals surface area (Å²) in [4.78, 5) is 7.28. The summed E-state index contributed by atoms with van der Waals surface area (Å²) in [5, 5.41) is 3.41. The molecule has 4 heteroatoms. The van der Waals surface area contributed by atoms with Gasteiger partial charge in [0.1, 0.15) is 5.01 Å². The maximum absolute atomic E-state index is 5.41. The Morgan fingerprint density at radius 2 is 1.79 bits per heavy atom. The molecule has 2 fully saturated rings. The van der Waals surface area contributed by atoms with Gasteiger partial charge >= 0.3 is 0 Å². The molecule has 2 aromatic rings. The molecule has 1 saturated heterocycles. The van der Waals surface area contributed by atoms with Crippen LogP contribution in [-0.4, -0.2) is 36.2 Å². The molecule has 24 heavy (non-hydrogen) atoms. The average molecular weight is 343 g/mol. The van der Waals surface area contributed by atoms with E-state index in [1.165, 1.54) is 48.2 Å². The first-order valence-electron chi connectivity index (χ1n) is 9.23. The number of hydrogen-bond donors (Lipinski definition) is 0. The number of nitrogens with zero attached hydrogens (tertiary/aromatic N) is 2. The van der Waals surface area contributed by atoms with Crippen LogP contribution < -0.4 is 0 Å². The second kappa shape index (κ2) is 7.77. The Hall–Kier alpha value is -1.23. The fraction of sp³-hybridized carbons (Fsp3) is 0.550. The van der Waals surface area contributed by atoms with Crippen molar-refractivity contribution in [2.75, 3.05) is 26.3 Å². The van der Waals surface area contributed by atoms with Crippen molar-refractivity contribution in [1.82, 2.24) is 9.88 Å².